The van der Waals surface area contributed by atoms with Crippen LogP contribution < -0.4 is 16.0 Å². The second kappa shape index (κ2) is 10.2. The molecule has 6 nitrogen and oxygen atoms in total. The van der Waals surface area contributed by atoms with Gasteiger partial charge in [0.2, 0.25) is 11.8 Å². The number of benzene rings is 1. The van der Waals surface area contributed by atoms with Gasteiger partial charge in [-0.15, -0.1) is 0 Å². The number of carbonyl (C=O) groups excluding carboxylic acids is 3. The van der Waals surface area contributed by atoms with Crippen LogP contribution >= 0.6 is 0 Å². The van der Waals surface area contributed by atoms with Crippen molar-refractivity contribution in [2.45, 2.75) is 72.4 Å². The van der Waals surface area contributed by atoms with E-state index in [0.717, 1.165) is 12.0 Å². The molecule has 3 amide bonds. The van der Waals surface area contributed by atoms with Gasteiger partial charge in [-0.05, 0) is 42.4 Å². The van der Waals surface area contributed by atoms with Crippen molar-refractivity contribution in [3.63, 3.8) is 0 Å². The molecule has 0 saturated heterocycles. The van der Waals surface area contributed by atoms with Crippen LogP contribution in [0.15, 0.2) is 24.3 Å². The summed E-state index contributed by atoms with van der Waals surface area (Å²) in [7, 11) is 0. The quantitative estimate of drug-likeness (QED) is 0.639. The molecular formula is C22H35N3O3. The molecule has 0 heterocycles. The maximum Gasteiger partial charge on any atom is 0.251 e. The fraction of sp³-hybridized carbons (Fsp3) is 0.591. The topological polar surface area (TPSA) is 87.3 Å². The fourth-order valence-electron chi connectivity index (χ4n) is 2.65. The van der Waals surface area contributed by atoms with Gasteiger partial charge in [-0.25, -0.2) is 0 Å². The molecule has 156 valence electrons. The Balaban J connectivity index is 2.79. The van der Waals surface area contributed by atoms with Gasteiger partial charge in [0.25, 0.3) is 5.91 Å². The zero-order valence-corrected chi connectivity index (χ0v) is 18.2. The summed E-state index contributed by atoms with van der Waals surface area (Å²) >= 11 is 0. The normalized spacial score (nSPS) is 13.6. The smallest absolute Gasteiger partial charge is 0.251 e. The molecule has 0 aliphatic rings. The molecule has 1 aromatic rings. The van der Waals surface area contributed by atoms with Crippen LogP contribution in [0.3, 0.4) is 0 Å². The van der Waals surface area contributed by atoms with Gasteiger partial charge >= 0.3 is 0 Å². The van der Waals surface area contributed by atoms with Gasteiger partial charge in [0.15, 0.2) is 0 Å². The Labute approximate surface area is 168 Å². The number of amides is 3. The van der Waals surface area contributed by atoms with E-state index in [0.29, 0.717) is 12.1 Å². The van der Waals surface area contributed by atoms with Crippen LogP contribution in [0.5, 0.6) is 0 Å². The van der Waals surface area contributed by atoms with E-state index in [1.165, 1.54) is 0 Å². The van der Waals surface area contributed by atoms with E-state index in [-0.39, 0.29) is 29.1 Å². The molecule has 0 aliphatic heterocycles. The highest BCUT2D eigenvalue weighted by Crippen LogP contribution is 2.22. The van der Waals surface area contributed by atoms with Crippen LogP contribution in [0.4, 0.5) is 0 Å². The molecule has 6 heteroatoms. The standard InChI is InChI=1S/C22H35N3O3/c1-8-13-23-19(26)15(4)24-21(28)18(14(2)3)25-20(27)16-9-11-17(12-10-16)22(5,6)7/h9-12,14-15,18H,8,13H2,1-7H3,(H,23,26)(H,24,28)(H,25,27)/t15-,18-/m0/s1. The molecule has 0 saturated carbocycles. The van der Waals surface area contributed by atoms with Gasteiger partial charge in [0.1, 0.15) is 12.1 Å². The summed E-state index contributed by atoms with van der Waals surface area (Å²) in [5.74, 6) is -1.03. The summed E-state index contributed by atoms with van der Waals surface area (Å²) in [6.07, 6.45) is 0.824. The summed E-state index contributed by atoms with van der Waals surface area (Å²) in [5, 5.41) is 8.23. The molecule has 0 spiro atoms. The summed E-state index contributed by atoms with van der Waals surface area (Å²) in [4.78, 5) is 37.2. The zero-order chi connectivity index (χ0) is 21.5. The van der Waals surface area contributed by atoms with E-state index >= 15 is 0 Å². The minimum atomic E-state index is -0.726. The molecule has 0 aliphatic carbocycles. The zero-order valence-electron chi connectivity index (χ0n) is 18.2. The lowest BCUT2D eigenvalue weighted by atomic mass is 9.86. The van der Waals surface area contributed by atoms with Gasteiger partial charge in [-0.2, -0.15) is 0 Å². The Bertz CT molecular complexity index is 675. The van der Waals surface area contributed by atoms with Gasteiger partial charge in [0, 0.05) is 12.1 Å². The van der Waals surface area contributed by atoms with E-state index in [9.17, 15) is 14.4 Å². The molecule has 0 unspecified atom stereocenters. The van der Waals surface area contributed by atoms with Crippen molar-refractivity contribution in [3.8, 4) is 0 Å². The fourth-order valence-corrected chi connectivity index (χ4v) is 2.65. The lowest BCUT2D eigenvalue weighted by Gasteiger charge is -2.24. The number of hydrogen-bond donors (Lipinski definition) is 3. The molecular weight excluding hydrogens is 354 g/mol. The largest absolute Gasteiger partial charge is 0.354 e. The molecule has 28 heavy (non-hydrogen) atoms. The monoisotopic (exact) mass is 389 g/mol. The van der Waals surface area contributed by atoms with Crippen molar-refractivity contribution in [3.05, 3.63) is 35.4 Å². The summed E-state index contributed by atoms with van der Waals surface area (Å²) < 4.78 is 0. The Morgan fingerprint density at radius 3 is 1.96 bits per heavy atom. The molecule has 2 atom stereocenters. The predicted octanol–water partition coefficient (Wildman–Crippen LogP) is 2.77. The van der Waals surface area contributed by atoms with Crippen molar-refractivity contribution < 1.29 is 14.4 Å². The van der Waals surface area contributed by atoms with Crippen LogP contribution in [0.1, 0.15) is 70.8 Å². The third-order valence-electron chi connectivity index (χ3n) is 4.55. The first kappa shape index (κ1) is 23.7. The second-order valence-electron chi connectivity index (χ2n) is 8.54. The Kier molecular flexibility index (Phi) is 8.66. The molecule has 0 fully saturated rings. The molecule has 0 bridgehead atoms. The van der Waals surface area contributed by atoms with Gasteiger partial charge in [0.05, 0.1) is 0 Å². The van der Waals surface area contributed by atoms with Crippen molar-refractivity contribution in [1.82, 2.24) is 16.0 Å². The first-order valence-corrected chi connectivity index (χ1v) is 9.96. The van der Waals surface area contributed by atoms with Crippen molar-refractivity contribution >= 4 is 17.7 Å². The summed E-state index contributed by atoms with van der Waals surface area (Å²) in [5.41, 5.74) is 1.64. The van der Waals surface area contributed by atoms with Crippen LogP contribution in [0, 0.1) is 5.92 Å². The predicted molar refractivity (Wildman–Crippen MR) is 112 cm³/mol. The highest BCUT2D eigenvalue weighted by atomic mass is 16.2. The van der Waals surface area contributed by atoms with Crippen molar-refractivity contribution in [1.29, 1.82) is 0 Å². The number of carbonyl (C=O) groups is 3. The average Bonchev–Trinajstić information content (AvgIpc) is 2.62. The average molecular weight is 390 g/mol. The SMILES string of the molecule is CCCNC(=O)[C@H](C)NC(=O)[C@@H](NC(=O)c1ccc(C(C)(C)C)cc1)C(C)C. The van der Waals surface area contributed by atoms with Crippen LogP contribution in [0.2, 0.25) is 0 Å². The van der Waals surface area contributed by atoms with Gasteiger partial charge in [-0.1, -0.05) is 53.7 Å². The van der Waals surface area contributed by atoms with Gasteiger partial charge < -0.3 is 16.0 Å². The third kappa shape index (κ3) is 6.98. The van der Waals surface area contributed by atoms with E-state index < -0.39 is 12.1 Å². The minimum Gasteiger partial charge on any atom is -0.354 e. The molecule has 3 N–H and O–H groups in total. The van der Waals surface area contributed by atoms with E-state index in [2.05, 4.69) is 36.7 Å². The summed E-state index contributed by atoms with van der Waals surface area (Å²) in [6.45, 7) is 14.2. The number of hydrogen-bond acceptors (Lipinski definition) is 3. The summed E-state index contributed by atoms with van der Waals surface area (Å²) in [6, 6.07) is 6.01. The number of rotatable bonds is 8. The minimum absolute atomic E-state index is 0.00382. The highest BCUT2D eigenvalue weighted by molar-refractivity contribution is 5.98. The highest BCUT2D eigenvalue weighted by Gasteiger charge is 2.27. The van der Waals surface area contributed by atoms with Crippen LogP contribution in [-0.4, -0.2) is 36.3 Å². The molecule has 1 rings (SSSR count). The first-order chi connectivity index (χ1) is 13.0. The molecule has 1 aromatic carbocycles. The van der Waals surface area contributed by atoms with Crippen molar-refractivity contribution in [2.75, 3.05) is 6.54 Å². The number of nitrogens with one attached hydrogen (secondary N) is 3. The lowest BCUT2D eigenvalue weighted by Crippen LogP contribution is -2.54. The van der Waals surface area contributed by atoms with E-state index in [4.69, 9.17) is 0 Å². The Morgan fingerprint density at radius 2 is 1.50 bits per heavy atom. The van der Waals surface area contributed by atoms with E-state index in [1.54, 1.807) is 19.1 Å². The Hall–Kier alpha value is -2.37. The second-order valence-corrected chi connectivity index (χ2v) is 8.54. The maximum atomic E-state index is 12.6. The van der Waals surface area contributed by atoms with Crippen molar-refractivity contribution in [2.24, 2.45) is 5.92 Å². The maximum absolute atomic E-state index is 12.6. The van der Waals surface area contributed by atoms with E-state index in [1.807, 2.05) is 32.9 Å². The lowest BCUT2D eigenvalue weighted by molar-refractivity contribution is -0.130. The molecule has 0 radical (unpaired) electrons. The Morgan fingerprint density at radius 1 is 0.929 bits per heavy atom. The van der Waals surface area contributed by atoms with Gasteiger partial charge in [-0.3, -0.25) is 14.4 Å². The third-order valence-corrected chi connectivity index (χ3v) is 4.55. The van der Waals surface area contributed by atoms with Crippen LogP contribution in [0.25, 0.3) is 0 Å². The first-order valence-electron chi connectivity index (χ1n) is 9.96. The van der Waals surface area contributed by atoms with Crippen LogP contribution in [-0.2, 0) is 15.0 Å². The molecule has 0 aromatic heterocycles.